The van der Waals surface area contributed by atoms with E-state index in [0.717, 1.165) is 42.6 Å². The average molecular weight is 282 g/mol. The molecule has 4 rings (SSSR count). The van der Waals surface area contributed by atoms with Crippen LogP contribution in [-0.4, -0.2) is 34.8 Å². The monoisotopic (exact) mass is 282 g/mol. The molecule has 4 heteroatoms. The van der Waals surface area contributed by atoms with Crippen LogP contribution in [0.1, 0.15) is 45.4 Å². The van der Waals surface area contributed by atoms with E-state index < -0.39 is 0 Å². The third-order valence-corrected chi connectivity index (χ3v) is 6.82. The zero-order valence-electron chi connectivity index (χ0n) is 11.4. The highest BCUT2D eigenvalue weighted by Gasteiger charge is 2.47. The maximum atomic E-state index is 12.2. The van der Waals surface area contributed by atoms with Crippen LogP contribution in [0.15, 0.2) is 0 Å². The van der Waals surface area contributed by atoms with Gasteiger partial charge < -0.3 is 9.47 Å². The van der Waals surface area contributed by atoms with Gasteiger partial charge in [0.1, 0.15) is 6.10 Å². The van der Waals surface area contributed by atoms with Crippen molar-refractivity contribution >= 4 is 17.7 Å². The summed E-state index contributed by atoms with van der Waals surface area (Å²) in [6.07, 6.45) is 7.77. The Morgan fingerprint density at radius 1 is 1.16 bits per heavy atom. The van der Waals surface area contributed by atoms with E-state index in [9.17, 15) is 4.79 Å². The van der Waals surface area contributed by atoms with E-state index in [1.54, 1.807) is 0 Å². The van der Waals surface area contributed by atoms with Crippen LogP contribution in [0.2, 0.25) is 0 Å². The Hall–Kier alpha value is -0.220. The molecule has 4 aliphatic rings. The minimum atomic E-state index is 0.0669. The molecule has 106 valence electrons. The van der Waals surface area contributed by atoms with Crippen molar-refractivity contribution < 1.29 is 14.3 Å². The normalized spacial score (nSPS) is 48.7. The molecule has 0 bridgehead atoms. The molecule has 0 aromatic rings. The number of carbonyl (C=O) groups excluding carboxylic acids is 1. The number of hydrogen-bond acceptors (Lipinski definition) is 4. The Balaban J connectivity index is 1.28. The molecule has 0 aromatic heterocycles. The van der Waals surface area contributed by atoms with Gasteiger partial charge >= 0.3 is 5.97 Å². The van der Waals surface area contributed by atoms with E-state index in [1.807, 2.05) is 11.8 Å². The van der Waals surface area contributed by atoms with Gasteiger partial charge in [-0.25, -0.2) is 0 Å². The van der Waals surface area contributed by atoms with Crippen molar-refractivity contribution in [2.45, 2.75) is 74.3 Å². The molecule has 2 aliphatic carbocycles. The van der Waals surface area contributed by atoms with E-state index in [2.05, 4.69) is 6.92 Å². The Bertz CT molecular complexity index is 386. The highest BCUT2D eigenvalue weighted by Crippen LogP contribution is 2.52. The molecular weight excluding hydrogens is 260 g/mol. The second-order valence-electron chi connectivity index (χ2n) is 6.65. The molecule has 0 radical (unpaired) electrons. The van der Waals surface area contributed by atoms with Crippen LogP contribution in [0.3, 0.4) is 0 Å². The quantitative estimate of drug-likeness (QED) is 0.589. The van der Waals surface area contributed by atoms with Gasteiger partial charge in [-0.3, -0.25) is 4.79 Å². The number of esters is 1. The van der Waals surface area contributed by atoms with Gasteiger partial charge in [-0.05, 0) is 51.4 Å². The topological polar surface area (TPSA) is 38.8 Å². The zero-order chi connectivity index (χ0) is 13.0. The lowest BCUT2D eigenvalue weighted by Gasteiger charge is -2.28. The minimum Gasteiger partial charge on any atom is -0.462 e. The van der Waals surface area contributed by atoms with Crippen molar-refractivity contribution in [2.24, 2.45) is 11.8 Å². The highest BCUT2D eigenvalue weighted by atomic mass is 32.2. The van der Waals surface area contributed by atoms with Crippen LogP contribution in [-0.2, 0) is 14.3 Å². The van der Waals surface area contributed by atoms with Crippen molar-refractivity contribution in [1.29, 1.82) is 0 Å². The number of carbonyl (C=O) groups is 1. The van der Waals surface area contributed by atoms with Gasteiger partial charge in [0.15, 0.2) is 0 Å². The summed E-state index contributed by atoms with van der Waals surface area (Å²) in [6, 6.07) is 0. The van der Waals surface area contributed by atoms with Crippen molar-refractivity contribution in [2.75, 3.05) is 0 Å². The van der Waals surface area contributed by atoms with Gasteiger partial charge in [-0.15, -0.1) is 0 Å². The second kappa shape index (κ2) is 4.66. The van der Waals surface area contributed by atoms with Gasteiger partial charge in [-0.2, -0.15) is 11.8 Å². The predicted molar refractivity (Wildman–Crippen MR) is 74.1 cm³/mol. The summed E-state index contributed by atoms with van der Waals surface area (Å²) >= 11 is 2.05. The molecule has 3 nitrogen and oxygen atoms in total. The lowest BCUT2D eigenvalue weighted by Crippen LogP contribution is -2.32. The van der Waals surface area contributed by atoms with Gasteiger partial charge in [0.25, 0.3) is 0 Å². The smallest absolute Gasteiger partial charge is 0.309 e. The number of rotatable bonds is 3. The maximum absolute atomic E-state index is 12.2. The van der Waals surface area contributed by atoms with E-state index in [1.165, 1.54) is 6.42 Å². The molecule has 2 saturated heterocycles. The lowest BCUT2D eigenvalue weighted by molar-refractivity contribution is -0.157. The molecule has 0 spiro atoms. The van der Waals surface area contributed by atoms with Crippen LogP contribution < -0.4 is 0 Å². The summed E-state index contributed by atoms with van der Waals surface area (Å²) < 4.78 is 11.3. The molecule has 7 unspecified atom stereocenters. The molecule has 2 saturated carbocycles. The third-order valence-electron chi connectivity index (χ3n) is 5.35. The number of thioether (sulfide) groups is 1. The van der Waals surface area contributed by atoms with Crippen LogP contribution in [0, 0.1) is 11.8 Å². The average Bonchev–Trinajstić information content (AvgIpc) is 3.30. The van der Waals surface area contributed by atoms with Crippen LogP contribution in [0.5, 0.6) is 0 Å². The molecule has 2 aliphatic heterocycles. The predicted octanol–water partition coefficient (Wildman–Crippen LogP) is 2.77. The first kappa shape index (κ1) is 12.5. The fourth-order valence-electron chi connectivity index (χ4n) is 3.86. The molecule has 0 N–H and O–H groups in total. The van der Waals surface area contributed by atoms with Gasteiger partial charge in [0.05, 0.1) is 18.1 Å². The Morgan fingerprint density at radius 3 is 2.84 bits per heavy atom. The number of fused-ring (bicyclic) bond motifs is 2. The van der Waals surface area contributed by atoms with Crippen LogP contribution in [0.25, 0.3) is 0 Å². The van der Waals surface area contributed by atoms with Crippen molar-refractivity contribution in [3.8, 4) is 0 Å². The fraction of sp³-hybridized carbons (Fsp3) is 0.933. The Morgan fingerprint density at radius 2 is 2.05 bits per heavy atom. The SMILES string of the molecule is CC(OC(=O)C1CCC2SC2C1)C1CCC2OC2C1. The van der Waals surface area contributed by atoms with E-state index in [-0.39, 0.29) is 18.0 Å². The third kappa shape index (κ3) is 2.54. The molecule has 0 amide bonds. The van der Waals surface area contributed by atoms with Gasteiger partial charge in [0, 0.05) is 10.5 Å². The minimum absolute atomic E-state index is 0.0669. The first-order chi connectivity index (χ1) is 9.20. The maximum Gasteiger partial charge on any atom is 0.309 e. The highest BCUT2D eigenvalue weighted by molar-refractivity contribution is 8.07. The standard InChI is InChI=1S/C15H22O3S/c1-8(9-2-4-11-12(6-9)18-11)17-15(16)10-3-5-13-14(7-10)19-13/h8-14H,2-7H2,1H3. The van der Waals surface area contributed by atoms with Gasteiger partial charge in [-0.1, -0.05) is 0 Å². The summed E-state index contributed by atoms with van der Waals surface area (Å²) in [4.78, 5) is 12.2. The molecule has 2 heterocycles. The fourth-order valence-corrected chi connectivity index (χ4v) is 5.08. The number of hydrogen-bond donors (Lipinski definition) is 0. The van der Waals surface area contributed by atoms with Crippen LogP contribution in [0.4, 0.5) is 0 Å². The number of ether oxygens (including phenoxy) is 2. The summed E-state index contributed by atoms with van der Waals surface area (Å²) in [5.41, 5.74) is 0. The Kier molecular flexibility index (Phi) is 3.07. The molecule has 19 heavy (non-hydrogen) atoms. The van der Waals surface area contributed by atoms with Crippen LogP contribution >= 0.6 is 11.8 Å². The van der Waals surface area contributed by atoms with E-state index >= 15 is 0 Å². The summed E-state index contributed by atoms with van der Waals surface area (Å²) in [6.45, 7) is 2.07. The van der Waals surface area contributed by atoms with Gasteiger partial charge in [0.2, 0.25) is 0 Å². The zero-order valence-corrected chi connectivity index (χ0v) is 12.2. The summed E-state index contributed by atoms with van der Waals surface area (Å²) in [5, 5.41) is 1.63. The molecular formula is C15H22O3S. The first-order valence-corrected chi connectivity index (χ1v) is 8.66. The van der Waals surface area contributed by atoms with Crippen molar-refractivity contribution in [1.82, 2.24) is 0 Å². The second-order valence-corrected chi connectivity index (χ2v) is 8.13. The summed E-state index contributed by atoms with van der Waals surface area (Å²) in [5.74, 6) is 0.754. The number of epoxide rings is 1. The Labute approximate surface area is 118 Å². The molecule has 7 atom stereocenters. The summed E-state index contributed by atoms with van der Waals surface area (Å²) in [7, 11) is 0. The van der Waals surface area contributed by atoms with Crippen molar-refractivity contribution in [3.05, 3.63) is 0 Å². The largest absolute Gasteiger partial charge is 0.462 e. The van der Waals surface area contributed by atoms with E-state index in [0.29, 0.717) is 18.1 Å². The lowest BCUT2D eigenvalue weighted by atomic mass is 9.85. The first-order valence-electron chi connectivity index (χ1n) is 7.72. The van der Waals surface area contributed by atoms with Crippen molar-refractivity contribution in [3.63, 3.8) is 0 Å². The molecule has 4 fully saturated rings. The molecule has 0 aromatic carbocycles. The van der Waals surface area contributed by atoms with E-state index in [4.69, 9.17) is 9.47 Å².